The molecule has 0 radical (unpaired) electrons. The van der Waals surface area contributed by atoms with Crippen LogP contribution in [0.4, 0.5) is 0 Å². The highest BCUT2D eigenvalue weighted by molar-refractivity contribution is 9.10. The van der Waals surface area contributed by atoms with Crippen molar-refractivity contribution in [3.63, 3.8) is 0 Å². The molecule has 0 spiro atoms. The molecule has 11 heteroatoms. The minimum atomic E-state index is -4.00. The Labute approximate surface area is 215 Å². The van der Waals surface area contributed by atoms with Crippen molar-refractivity contribution < 1.29 is 13.2 Å². The van der Waals surface area contributed by atoms with Gasteiger partial charge in [0.1, 0.15) is 0 Å². The van der Waals surface area contributed by atoms with E-state index in [1.54, 1.807) is 42.5 Å². The molecule has 0 fully saturated rings. The van der Waals surface area contributed by atoms with Gasteiger partial charge in [-0.1, -0.05) is 75.0 Å². The maximum absolute atomic E-state index is 13.3. The third-order valence-corrected chi connectivity index (χ3v) is 7.84. The highest BCUT2D eigenvalue weighted by Crippen LogP contribution is 2.24. The molecule has 33 heavy (non-hydrogen) atoms. The van der Waals surface area contributed by atoms with E-state index in [1.807, 2.05) is 0 Å². The average molecular weight is 590 g/mol. The van der Waals surface area contributed by atoms with Crippen molar-refractivity contribution in [2.24, 2.45) is 5.10 Å². The Hall–Kier alpha value is -1.94. The van der Waals surface area contributed by atoms with Crippen LogP contribution in [0.25, 0.3) is 0 Å². The molecule has 6 nitrogen and oxygen atoms in total. The standard InChI is InChI=1S/C22H17BrCl3N3O3S/c23-17-6-4-15(5-7-17)13-29(33(31,32)19-10-8-18(24)9-11-19)14-21(30)28-27-12-16-2-1-3-20(25)22(16)26/h1-12H,13-14H2,(H,28,30)/b27-12-. The van der Waals surface area contributed by atoms with Crippen LogP contribution in [0.5, 0.6) is 0 Å². The van der Waals surface area contributed by atoms with Gasteiger partial charge < -0.3 is 0 Å². The predicted octanol–water partition coefficient (Wildman–Crippen LogP) is 5.75. The normalized spacial score (nSPS) is 11.8. The van der Waals surface area contributed by atoms with Gasteiger partial charge in [-0.2, -0.15) is 9.41 Å². The molecule has 0 saturated heterocycles. The lowest BCUT2D eigenvalue weighted by Crippen LogP contribution is -2.39. The fourth-order valence-electron chi connectivity index (χ4n) is 2.76. The van der Waals surface area contributed by atoms with E-state index < -0.39 is 22.5 Å². The first-order valence-corrected chi connectivity index (χ1v) is 12.8. The number of amides is 1. The van der Waals surface area contributed by atoms with Gasteiger partial charge in [0.15, 0.2) is 0 Å². The van der Waals surface area contributed by atoms with E-state index in [9.17, 15) is 13.2 Å². The highest BCUT2D eigenvalue weighted by Gasteiger charge is 2.27. The number of nitrogens with one attached hydrogen (secondary N) is 1. The Morgan fingerprint density at radius 1 is 1.00 bits per heavy atom. The van der Waals surface area contributed by atoms with Gasteiger partial charge in [-0.25, -0.2) is 13.8 Å². The number of rotatable bonds is 8. The van der Waals surface area contributed by atoms with Crippen molar-refractivity contribution in [3.8, 4) is 0 Å². The fourth-order valence-corrected chi connectivity index (χ4v) is 4.90. The summed E-state index contributed by atoms with van der Waals surface area (Å²) in [5, 5.41) is 4.91. The van der Waals surface area contributed by atoms with Gasteiger partial charge in [0.25, 0.3) is 5.91 Å². The molecule has 0 atom stereocenters. The SMILES string of the molecule is O=C(CN(Cc1ccc(Br)cc1)S(=O)(=O)c1ccc(Cl)cc1)N/N=C\c1cccc(Cl)c1Cl. The first-order chi connectivity index (χ1) is 15.7. The zero-order valence-corrected chi connectivity index (χ0v) is 21.6. The zero-order valence-electron chi connectivity index (χ0n) is 16.9. The fraction of sp³-hybridized carbons (Fsp3) is 0.0909. The van der Waals surface area contributed by atoms with Gasteiger partial charge in [0.05, 0.1) is 27.7 Å². The van der Waals surface area contributed by atoms with Crippen molar-refractivity contribution in [3.05, 3.63) is 97.4 Å². The molecule has 0 bridgehead atoms. The lowest BCUT2D eigenvalue weighted by Gasteiger charge is -2.21. The summed E-state index contributed by atoms with van der Waals surface area (Å²) in [5.41, 5.74) is 3.54. The smallest absolute Gasteiger partial charge is 0.255 e. The first kappa shape index (κ1) is 25.7. The van der Waals surface area contributed by atoms with Crippen LogP contribution >= 0.6 is 50.7 Å². The summed E-state index contributed by atoms with van der Waals surface area (Å²) >= 11 is 21.3. The van der Waals surface area contributed by atoms with E-state index in [0.717, 1.165) is 8.78 Å². The summed E-state index contributed by atoms with van der Waals surface area (Å²) in [4.78, 5) is 12.6. The minimum absolute atomic E-state index is 0.0184. The third-order valence-electron chi connectivity index (χ3n) is 4.42. The molecule has 0 aliphatic carbocycles. The molecule has 0 unspecified atom stereocenters. The molecule has 0 saturated carbocycles. The summed E-state index contributed by atoms with van der Waals surface area (Å²) in [6, 6.07) is 17.9. The molecule has 0 aliphatic rings. The summed E-state index contributed by atoms with van der Waals surface area (Å²) in [5.74, 6) is -0.626. The number of halogens is 4. The Morgan fingerprint density at radius 2 is 1.67 bits per heavy atom. The number of nitrogens with zero attached hydrogens (tertiary/aromatic N) is 2. The van der Waals surface area contributed by atoms with Crippen LogP contribution in [-0.2, 0) is 21.4 Å². The number of benzene rings is 3. The second-order valence-electron chi connectivity index (χ2n) is 6.79. The topological polar surface area (TPSA) is 78.8 Å². The first-order valence-electron chi connectivity index (χ1n) is 9.43. The summed E-state index contributed by atoms with van der Waals surface area (Å²) in [7, 11) is -4.00. The summed E-state index contributed by atoms with van der Waals surface area (Å²) in [6.45, 7) is -0.475. The van der Waals surface area contributed by atoms with Crippen molar-refractivity contribution >= 4 is 72.9 Å². The Bertz CT molecular complexity index is 1270. The Morgan fingerprint density at radius 3 is 2.33 bits per heavy atom. The van der Waals surface area contributed by atoms with Gasteiger partial charge in [-0.05, 0) is 48.0 Å². The molecule has 1 amide bonds. The number of hydrogen-bond acceptors (Lipinski definition) is 4. The number of hydrogen-bond donors (Lipinski definition) is 1. The van der Waals surface area contributed by atoms with Crippen LogP contribution < -0.4 is 5.43 Å². The lowest BCUT2D eigenvalue weighted by molar-refractivity contribution is -0.121. The van der Waals surface area contributed by atoms with Crippen LogP contribution in [0.2, 0.25) is 15.1 Å². The van der Waals surface area contributed by atoms with E-state index in [4.69, 9.17) is 34.8 Å². The highest BCUT2D eigenvalue weighted by atomic mass is 79.9. The Kier molecular flexibility index (Phi) is 8.92. The lowest BCUT2D eigenvalue weighted by atomic mass is 10.2. The number of hydrazone groups is 1. The monoisotopic (exact) mass is 587 g/mol. The molecule has 1 N–H and O–H groups in total. The largest absolute Gasteiger partial charge is 0.272 e. The molecule has 3 aromatic rings. The van der Waals surface area contributed by atoms with Crippen LogP contribution in [0, 0.1) is 0 Å². The van der Waals surface area contributed by atoms with Crippen LogP contribution in [0.15, 0.2) is 81.2 Å². The number of carbonyl (C=O) groups is 1. The number of sulfonamides is 1. The van der Waals surface area contributed by atoms with Gasteiger partial charge in [-0.15, -0.1) is 0 Å². The molecule has 0 heterocycles. The van der Waals surface area contributed by atoms with Crippen LogP contribution in [-0.4, -0.2) is 31.4 Å². The van der Waals surface area contributed by atoms with Crippen molar-refractivity contribution in [1.82, 2.24) is 9.73 Å². The molecular weight excluding hydrogens is 573 g/mol. The van der Waals surface area contributed by atoms with E-state index in [0.29, 0.717) is 26.2 Å². The molecule has 3 aromatic carbocycles. The second kappa shape index (κ2) is 11.5. The maximum atomic E-state index is 13.3. The van der Waals surface area contributed by atoms with E-state index in [-0.39, 0.29) is 11.4 Å². The van der Waals surface area contributed by atoms with Gasteiger partial charge in [0, 0.05) is 21.6 Å². The third kappa shape index (κ3) is 7.02. The average Bonchev–Trinajstić information content (AvgIpc) is 2.78. The molecule has 172 valence electrons. The van der Waals surface area contributed by atoms with Gasteiger partial charge in [-0.3, -0.25) is 4.79 Å². The van der Waals surface area contributed by atoms with Crippen LogP contribution in [0.1, 0.15) is 11.1 Å². The van der Waals surface area contributed by atoms with Gasteiger partial charge in [0.2, 0.25) is 10.0 Å². The summed E-state index contributed by atoms with van der Waals surface area (Å²) < 4.78 is 28.4. The van der Waals surface area contributed by atoms with E-state index in [2.05, 4.69) is 26.5 Å². The Balaban J connectivity index is 1.80. The van der Waals surface area contributed by atoms with Gasteiger partial charge >= 0.3 is 0 Å². The van der Waals surface area contributed by atoms with Crippen molar-refractivity contribution in [2.45, 2.75) is 11.4 Å². The second-order valence-corrected chi connectivity index (χ2v) is 10.9. The van der Waals surface area contributed by atoms with Crippen molar-refractivity contribution in [1.29, 1.82) is 0 Å². The molecule has 0 aromatic heterocycles. The minimum Gasteiger partial charge on any atom is -0.272 e. The quantitative estimate of drug-likeness (QED) is 0.269. The number of carbonyl (C=O) groups excluding carboxylic acids is 1. The van der Waals surface area contributed by atoms with E-state index in [1.165, 1.54) is 30.5 Å². The van der Waals surface area contributed by atoms with E-state index >= 15 is 0 Å². The summed E-state index contributed by atoms with van der Waals surface area (Å²) in [6.07, 6.45) is 1.33. The maximum Gasteiger partial charge on any atom is 0.255 e. The molecule has 3 rings (SSSR count). The van der Waals surface area contributed by atoms with Crippen molar-refractivity contribution in [2.75, 3.05) is 6.54 Å². The van der Waals surface area contributed by atoms with Crippen LogP contribution in [0.3, 0.4) is 0 Å². The molecular formula is C22H17BrCl3N3O3S. The zero-order chi connectivity index (χ0) is 24.0. The molecule has 0 aliphatic heterocycles. The predicted molar refractivity (Wildman–Crippen MR) is 135 cm³/mol.